The first-order valence-corrected chi connectivity index (χ1v) is 12.7. The fraction of sp³-hybridized carbons (Fsp3) is 0.609. The summed E-state index contributed by atoms with van der Waals surface area (Å²) in [5.41, 5.74) is 1.98. The van der Waals surface area contributed by atoms with Gasteiger partial charge < -0.3 is 15.0 Å². The number of aliphatic hydroxyl groups is 1. The van der Waals surface area contributed by atoms with Crippen molar-refractivity contribution in [2.45, 2.75) is 72.6 Å². The highest BCUT2D eigenvalue weighted by Crippen LogP contribution is 2.43. The second-order valence-corrected chi connectivity index (χ2v) is 11.9. The van der Waals surface area contributed by atoms with Gasteiger partial charge in [-0.2, -0.15) is 8.42 Å². The molecule has 11 heteroatoms. The molecular weight excluding hydrogens is 458 g/mol. The number of hydrogen-bond donors (Lipinski definition) is 3. The largest absolute Gasteiger partial charge is 0.392 e. The van der Waals surface area contributed by atoms with E-state index < -0.39 is 27.7 Å². The van der Waals surface area contributed by atoms with Gasteiger partial charge in [0.2, 0.25) is 0 Å². The number of aromatic nitrogens is 3. The topological polar surface area (TPSA) is 149 Å². The van der Waals surface area contributed by atoms with Crippen LogP contribution in [-0.2, 0) is 20.0 Å². The van der Waals surface area contributed by atoms with E-state index in [-0.39, 0.29) is 24.0 Å². The standard InChI is InChI=1S/C23H35N5O5S/c1-13-14(2)28(22(3,4)5)10-17(13)19(29)16-9-25-12-26-21(16)27-18-8-15(11-33-34(24,31)32)20(30)23(18,6)7/h9-10,12,15,18,20,30H,8,11H2,1-7H3,(H2,24,31,32)(H,25,26,27)/t15-,18-,20-/m1/s1. The maximum atomic E-state index is 13.6. The minimum Gasteiger partial charge on any atom is -0.392 e. The summed E-state index contributed by atoms with van der Waals surface area (Å²) < 4.78 is 29.2. The molecule has 2 aromatic heterocycles. The van der Waals surface area contributed by atoms with Gasteiger partial charge in [0.15, 0.2) is 5.78 Å². The summed E-state index contributed by atoms with van der Waals surface area (Å²) in [4.78, 5) is 22.0. The minimum absolute atomic E-state index is 0.181. The number of ketones is 1. The van der Waals surface area contributed by atoms with Gasteiger partial charge in [-0.15, -0.1) is 0 Å². The Morgan fingerprint density at radius 1 is 1.32 bits per heavy atom. The Kier molecular flexibility index (Phi) is 6.97. The van der Waals surface area contributed by atoms with Crippen LogP contribution in [0.25, 0.3) is 0 Å². The Morgan fingerprint density at radius 2 is 1.97 bits per heavy atom. The SMILES string of the molecule is Cc1c(C(=O)c2cncnc2N[C@@H]2C[C@H](COS(N)(=O)=O)[C@@H](O)C2(C)C)cn(C(C)(C)C)c1C. The molecule has 0 aliphatic heterocycles. The Balaban J connectivity index is 1.90. The highest BCUT2D eigenvalue weighted by Gasteiger charge is 2.49. The summed E-state index contributed by atoms with van der Waals surface area (Å²) in [5.74, 6) is -0.298. The van der Waals surface area contributed by atoms with E-state index in [1.165, 1.54) is 12.5 Å². The zero-order valence-corrected chi connectivity index (χ0v) is 21.6. The number of rotatable bonds is 7. The molecule has 0 amide bonds. The normalized spacial score (nSPS) is 22.7. The van der Waals surface area contributed by atoms with E-state index in [1.54, 1.807) is 0 Å². The smallest absolute Gasteiger partial charge is 0.333 e. The van der Waals surface area contributed by atoms with Crippen LogP contribution < -0.4 is 10.5 Å². The summed E-state index contributed by atoms with van der Waals surface area (Å²) in [7, 11) is -4.11. The molecule has 1 aliphatic rings. The predicted octanol–water partition coefficient (Wildman–Crippen LogP) is 2.29. The first kappa shape index (κ1) is 26.3. The molecule has 34 heavy (non-hydrogen) atoms. The van der Waals surface area contributed by atoms with Crippen molar-refractivity contribution in [1.29, 1.82) is 0 Å². The number of anilines is 1. The van der Waals surface area contributed by atoms with E-state index in [1.807, 2.05) is 33.9 Å². The molecule has 0 saturated heterocycles. The lowest BCUT2D eigenvalue weighted by atomic mass is 9.84. The van der Waals surface area contributed by atoms with Crippen molar-refractivity contribution in [2.24, 2.45) is 16.5 Å². The van der Waals surface area contributed by atoms with Crippen molar-refractivity contribution >= 4 is 21.9 Å². The summed E-state index contributed by atoms with van der Waals surface area (Å²) in [6.07, 6.45) is 4.27. The molecule has 0 unspecified atom stereocenters. The van der Waals surface area contributed by atoms with E-state index in [0.717, 1.165) is 11.3 Å². The zero-order chi connectivity index (χ0) is 25.6. The Morgan fingerprint density at radius 3 is 2.53 bits per heavy atom. The first-order valence-electron chi connectivity index (χ1n) is 11.2. The Hall–Kier alpha value is -2.34. The molecule has 0 bridgehead atoms. The summed E-state index contributed by atoms with van der Waals surface area (Å²) in [6.45, 7) is 13.7. The van der Waals surface area contributed by atoms with Crippen LogP contribution in [0.5, 0.6) is 0 Å². The molecule has 0 radical (unpaired) electrons. The van der Waals surface area contributed by atoms with Gasteiger partial charge in [0, 0.05) is 46.6 Å². The molecule has 4 N–H and O–H groups in total. The van der Waals surface area contributed by atoms with E-state index in [0.29, 0.717) is 23.4 Å². The van der Waals surface area contributed by atoms with Gasteiger partial charge in [0.05, 0.1) is 18.3 Å². The van der Waals surface area contributed by atoms with E-state index in [9.17, 15) is 18.3 Å². The summed E-state index contributed by atoms with van der Waals surface area (Å²) >= 11 is 0. The first-order chi connectivity index (χ1) is 15.5. The van der Waals surface area contributed by atoms with Crippen molar-refractivity contribution in [3.8, 4) is 0 Å². The molecule has 188 valence electrons. The Labute approximate surface area is 201 Å². The maximum Gasteiger partial charge on any atom is 0.333 e. The fourth-order valence-corrected chi connectivity index (χ4v) is 5.04. The second kappa shape index (κ2) is 9.03. The van der Waals surface area contributed by atoms with Crippen LogP contribution in [0.2, 0.25) is 0 Å². The van der Waals surface area contributed by atoms with E-state index >= 15 is 0 Å². The van der Waals surface area contributed by atoms with E-state index in [4.69, 9.17) is 9.32 Å². The number of carbonyl (C=O) groups excluding carboxylic acids is 1. The number of hydrogen-bond acceptors (Lipinski definition) is 8. The number of aliphatic hydroxyl groups excluding tert-OH is 1. The molecule has 10 nitrogen and oxygen atoms in total. The molecule has 2 aromatic rings. The average Bonchev–Trinajstić information content (AvgIpc) is 3.14. The third-order valence-electron chi connectivity index (χ3n) is 6.89. The maximum absolute atomic E-state index is 13.6. The van der Waals surface area contributed by atoms with Gasteiger partial charge in [0.25, 0.3) is 0 Å². The van der Waals surface area contributed by atoms with Crippen LogP contribution in [0, 0.1) is 25.2 Å². The Bertz CT molecular complexity index is 1180. The number of nitrogens with one attached hydrogen (secondary N) is 1. The van der Waals surface area contributed by atoms with Crippen LogP contribution in [0.3, 0.4) is 0 Å². The molecule has 3 rings (SSSR count). The molecular formula is C23H35N5O5S. The molecule has 0 aromatic carbocycles. The molecule has 3 atom stereocenters. The fourth-order valence-electron chi connectivity index (χ4n) is 4.68. The number of nitrogens with zero attached hydrogens (tertiary/aromatic N) is 3. The average molecular weight is 494 g/mol. The number of carbonyl (C=O) groups is 1. The van der Waals surface area contributed by atoms with Crippen molar-refractivity contribution in [2.75, 3.05) is 11.9 Å². The van der Waals surface area contributed by atoms with Gasteiger partial charge in [-0.25, -0.2) is 15.1 Å². The van der Waals surface area contributed by atoms with Gasteiger partial charge in [0.1, 0.15) is 12.1 Å². The third-order valence-corrected chi connectivity index (χ3v) is 7.36. The van der Waals surface area contributed by atoms with Crippen molar-refractivity contribution in [3.63, 3.8) is 0 Å². The summed E-state index contributed by atoms with van der Waals surface area (Å²) in [6, 6.07) is -0.306. The zero-order valence-electron chi connectivity index (χ0n) is 20.8. The quantitative estimate of drug-likeness (QED) is 0.497. The van der Waals surface area contributed by atoms with Crippen molar-refractivity contribution < 1.29 is 22.5 Å². The van der Waals surface area contributed by atoms with Crippen LogP contribution >= 0.6 is 0 Å². The van der Waals surface area contributed by atoms with Crippen molar-refractivity contribution in [3.05, 3.63) is 41.1 Å². The van der Waals surface area contributed by atoms with E-state index in [2.05, 4.69) is 40.6 Å². The van der Waals surface area contributed by atoms with Gasteiger partial charge in [-0.3, -0.25) is 8.98 Å². The number of nitrogens with two attached hydrogens (primary N) is 1. The van der Waals surface area contributed by atoms with Crippen LogP contribution in [-0.4, -0.2) is 52.6 Å². The molecule has 1 aliphatic carbocycles. The second-order valence-electron chi connectivity index (χ2n) is 10.6. The minimum atomic E-state index is -4.11. The molecule has 0 spiro atoms. The molecule has 2 heterocycles. The monoisotopic (exact) mass is 493 g/mol. The van der Waals surface area contributed by atoms with Crippen LogP contribution in [0.4, 0.5) is 5.82 Å². The van der Waals surface area contributed by atoms with Gasteiger partial charge in [-0.1, -0.05) is 13.8 Å². The third kappa shape index (κ3) is 5.17. The van der Waals surface area contributed by atoms with Crippen molar-refractivity contribution in [1.82, 2.24) is 14.5 Å². The lowest BCUT2D eigenvalue weighted by Crippen LogP contribution is -2.39. The lowest BCUT2D eigenvalue weighted by molar-refractivity contribution is 0.0284. The molecule has 1 saturated carbocycles. The highest BCUT2D eigenvalue weighted by molar-refractivity contribution is 7.84. The molecule has 1 fully saturated rings. The van der Waals surface area contributed by atoms with Gasteiger partial charge >= 0.3 is 10.3 Å². The summed E-state index contributed by atoms with van der Waals surface area (Å²) in [5, 5.41) is 19.1. The lowest BCUT2D eigenvalue weighted by Gasteiger charge is -2.31. The van der Waals surface area contributed by atoms with Crippen LogP contribution in [0.15, 0.2) is 18.7 Å². The predicted molar refractivity (Wildman–Crippen MR) is 129 cm³/mol. The highest BCUT2D eigenvalue weighted by atomic mass is 32.2. The van der Waals surface area contributed by atoms with Crippen LogP contribution in [0.1, 0.15) is 68.2 Å². The van der Waals surface area contributed by atoms with Gasteiger partial charge in [-0.05, 0) is 46.6 Å².